The Morgan fingerprint density at radius 2 is 1.96 bits per heavy atom. The van der Waals surface area contributed by atoms with Crippen LogP contribution in [0.2, 0.25) is 0 Å². The molecule has 0 saturated carbocycles. The predicted molar refractivity (Wildman–Crippen MR) is 94.4 cm³/mol. The van der Waals surface area contributed by atoms with Crippen LogP contribution in [0.1, 0.15) is 43.5 Å². The van der Waals surface area contributed by atoms with Gasteiger partial charge >= 0.3 is 0 Å². The van der Waals surface area contributed by atoms with Crippen LogP contribution in [0.15, 0.2) is 24.3 Å². The summed E-state index contributed by atoms with van der Waals surface area (Å²) in [5.74, 6) is 0. The summed E-state index contributed by atoms with van der Waals surface area (Å²) in [4.78, 5) is 6.18. The first-order chi connectivity index (χ1) is 10.8. The second kappa shape index (κ2) is 7.47. The Bertz CT molecular complexity index is 744. The van der Waals surface area contributed by atoms with Crippen LogP contribution < -0.4 is 0 Å². The van der Waals surface area contributed by atoms with Crippen molar-refractivity contribution < 1.29 is 13.0 Å². The Morgan fingerprint density at radius 1 is 1.30 bits per heavy atom. The molecule has 5 nitrogen and oxygen atoms in total. The number of aryl methyl sites for hydroxylation is 1. The van der Waals surface area contributed by atoms with Crippen LogP contribution in [-0.4, -0.2) is 42.7 Å². The van der Waals surface area contributed by atoms with E-state index in [1.54, 1.807) is 0 Å². The fraction of sp³-hybridized carbons (Fsp3) is 0.529. The number of nitrogens with one attached hydrogen (secondary N) is 1. The van der Waals surface area contributed by atoms with Gasteiger partial charge in [0, 0.05) is 22.6 Å². The van der Waals surface area contributed by atoms with Crippen LogP contribution in [0, 0.1) is 0 Å². The summed E-state index contributed by atoms with van der Waals surface area (Å²) in [6.07, 6.45) is 5.81. The minimum atomic E-state index is -3.67. The van der Waals surface area contributed by atoms with Gasteiger partial charge in [-0.25, -0.2) is 0 Å². The number of nitrogens with zero attached hydrogens (tertiary/aromatic N) is 1. The summed E-state index contributed by atoms with van der Waals surface area (Å²) >= 11 is 0. The lowest BCUT2D eigenvalue weighted by Gasteiger charge is -2.32. The summed E-state index contributed by atoms with van der Waals surface area (Å²) < 4.78 is 25.9. The molecule has 1 aliphatic heterocycles. The topological polar surface area (TPSA) is 73.4 Å². The van der Waals surface area contributed by atoms with Crippen molar-refractivity contribution in [2.75, 3.05) is 19.8 Å². The molecule has 0 amide bonds. The predicted octanol–water partition coefficient (Wildman–Crippen LogP) is 3.39. The first-order valence-corrected chi connectivity index (χ1v) is 9.88. The Hall–Kier alpha value is -1.37. The standard InChI is InChI=1S/C16H22N2.CH4O3S/c1-3-12-13-8-4-5-9-14(13)17-16(12)15-10-6-7-11-18(15)2;1-5(2,3)4/h4-5,8-9,15,17H,3,6-7,10-11H2,1-2H3;1H3,(H,2,3,4). The van der Waals surface area contributed by atoms with Crippen molar-refractivity contribution in [3.63, 3.8) is 0 Å². The highest BCUT2D eigenvalue weighted by Gasteiger charge is 2.24. The van der Waals surface area contributed by atoms with E-state index in [2.05, 4.69) is 48.1 Å². The molecular formula is C17H26N2O3S. The number of para-hydroxylation sites is 1. The number of benzene rings is 1. The average molecular weight is 338 g/mol. The van der Waals surface area contributed by atoms with E-state index in [4.69, 9.17) is 4.55 Å². The number of piperidine rings is 1. The zero-order valence-electron chi connectivity index (χ0n) is 14.0. The van der Waals surface area contributed by atoms with Gasteiger partial charge in [-0.05, 0) is 44.5 Å². The van der Waals surface area contributed by atoms with E-state index in [0.717, 1.165) is 6.42 Å². The van der Waals surface area contributed by atoms with E-state index < -0.39 is 10.1 Å². The molecule has 1 aromatic heterocycles. The third kappa shape index (κ3) is 4.80. The molecule has 2 heterocycles. The van der Waals surface area contributed by atoms with Crippen molar-refractivity contribution in [1.29, 1.82) is 0 Å². The van der Waals surface area contributed by atoms with Gasteiger partial charge in [-0.1, -0.05) is 31.5 Å². The maximum atomic E-state index is 9.19. The van der Waals surface area contributed by atoms with Gasteiger partial charge in [0.05, 0.1) is 6.26 Å². The van der Waals surface area contributed by atoms with E-state index in [1.165, 1.54) is 48.0 Å². The number of hydrogen-bond donors (Lipinski definition) is 2. The van der Waals surface area contributed by atoms with Crippen molar-refractivity contribution in [2.24, 2.45) is 0 Å². The smallest absolute Gasteiger partial charge is 0.261 e. The normalized spacial score (nSPS) is 19.4. The summed E-state index contributed by atoms with van der Waals surface area (Å²) in [7, 11) is -1.41. The average Bonchev–Trinajstić information content (AvgIpc) is 2.84. The molecule has 0 bridgehead atoms. The van der Waals surface area contributed by atoms with Gasteiger partial charge in [-0.2, -0.15) is 8.42 Å². The maximum absolute atomic E-state index is 9.19. The van der Waals surface area contributed by atoms with Crippen LogP contribution in [0.3, 0.4) is 0 Å². The molecular weight excluding hydrogens is 312 g/mol. The number of hydrogen-bond acceptors (Lipinski definition) is 3. The van der Waals surface area contributed by atoms with Gasteiger partial charge in [0.1, 0.15) is 0 Å². The van der Waals surface area contributed by atoms with Crippen LogP contribution in [0.25, 0.3) is 10.9 Å². The Kier molecular flexibility index (Phi) is 5.84. The van der Waals surface area contributed by atoms with E-state index >= 15 is 0 Å². The highest BCUT2D eigenvalue weighted by molar-refractivity contribution is 7.85. The van der Waals surface area contributed by atoms with E-state index in [0.29, 0.717) is 12.3 Å². The van der Waals surface area contributed by atoms with Crippen molar-refractivity contribution in [2.45, 2.75) is 38.6 Å². The quantitative estimate of drug-likeness (QED) is 0.823. The van der Waals surface area contributed by atoms with Gasteiger partial charge in [-0.15, -0.1) is 0 Å². The lowest BCUT2D eigenvalue weighted by Crippen LogP contribution is -2.30. The van der Waals surface area contributed by atoms with Crippen LogP contribution >= 0.6 is 0 Å². The molecule has 0 radical (unpaired) electrons. The fourth-order valence-electron chi connectivity index (χ4n) is 3.33. The van der Waals surface area contributed by atoms with Gasteiger partial charge < -0.3 is 4.98 Å². The molecule has 1 unspecified atom stereocenters. The number of likely N-dealkylation sites (tertiary alicyclic amines) is 1. The van der Waals surface area contributed by atoms with Gasteiger partial charge in [-0.3, -0.25) is 9.45 Å². The molecule has 6 heteroatoms. The second-order valence-electron chi connectivity index (χ2n) is 6.14. The lowest BCUT2D eigenvalue weighted by atomic mass is 9.96. The highest BCUT2D eigenvalue weighted by Crippen LogP contribution is 2.34. The summed E-state index contributed by atoms with van der Waals surface area (Å²) in [5, 5.41) is 1.41. The minimum absolute atomic E-state index is 0.584. The van der Waals surface area contributed by atoms with Crippen molar-refractivity contribution in [1.82, 2.24) is 9.88 Å². The monoisotopic (exact) mass is 338 g/mol. The van der Waals surface area contributed by atoms with Crippen LogP contribution in [-0.2, 0) is 16.5 Å². The second-order valence-corrected chi connectivity index (χ2v) is 7.61. The van der Waals surface area contributed by atoms with Crippen molar-refractivity contribution >= 4 is 21.0 Å². The molecule has 128 valence electrons. The van der Waals surface area contributed by atoms with Gasteiger partial charge in [0.15, 0.2) is 0 Å². The van der Waals surface area contributed by atoms with E-state index in [1.807, 2.05) is 0 Å². The van der Waals surface area contributed by atoms with Crippen molar-refractivity contribution in [3.8, 4) is 0 Å². The first kappa shape index (κ1) is 18.0. The molecule has 1 saturated heterocycles. The van der Waals surface area contributed by atoms with Crippen molar-refractivity contribution in [3.05, 3.63) is 35.5 Å². The minimum Gasteiger partial charge on any atom is -0.357 e. The Balaban J connectivity index is 0.000000338. The molecule has 1 atom stereocenters. The molecule has 1 aromatic carbocycles. The summed E-state index contributed by atoms with van der Waals surface area (Å²) in [6.45, 7) is 3.49. The maximum Gasteiger partial charge on any atom is 0.261 e. The summed E-state index contributed by atoms with van der Waals surface area (Å²) in [5.41, 5.74) is 4.27. The van der Waals surface area contributed by atoms with Gasteiger partial charge in [0.2, 0.25) is 0 Å². The molecule has 2 aromatic rings. The SMILES string of the molecule is CCc1c(C2CCCCN2C)[nH]c2ccccc12.CS(=O)(=O)O. The number of fused-ring (bicyclic) bond motifs is 1. The van der Waals surface area contributed by atoms with Crippen LogP contribution in [0.5, 0.6) is 0 Å². The number of aromatic amines is 1. The zero-order valence-corrected chi connectivity index (χ0v) is 14.9. The molecule has 0 aliphatic carbocycles. The number of aromatic nitrogens is 1. The largest absolute Gasteiger partial charge is 0.357 e. The number of rotatable bonds is 2. The fourth-order valence-corrected chi connectivity index (χ4v) is 3.33. The van der Waals surface area contributed by atoms with Gasteiger partial charge in [0.25, 0.3) is 10.1 Å². The third-order valence-corrected chi connectivity index (χ3v) is 4.30. The molecule has 1 fully saturated rings. The first-order valence-electron chi connectivity index (χ1n) is 8.03. The Morgan fingerprint density at radius 3 is 2.57 bits per heavy atom. The lowest BCUT2D eigenvalue weighted by molar-refractivity contribution is 0.183. The molecule has 0 spiro atoms. The molecule has 23 heavy (non-hydrogen) atoms. The molecule has 1 aliphatic rings. The van der Waals surface area contributed by atoms with E-state index in [9.17, 15) is 8.42 Å². The highest BCUT2D eigenvalue weighted by atomic mass is 32.2. The molecule has 3 rings (SSSR count). The zero-order chi connectivity index (χ0) is 17.0. The van der Waals surface area contributed by atoms with Crippen LogP contribution in [0.4, 0.5) is 0 Å². The molecule has 2 N–H and O–H groups in total. The summed E-state index contributed by atoms with van der Waals surface area (Å²) in [6, 6.07) is 9.29. The van der Waals surface area contributed by atoms with E-state index in [-0.39, 0.29) is 0 Å². The Labute approximate surface area is 138 Å². The number of H-pyrrole nitrogens is 1. The third-order valence-electron chi connectivity index (χ3n) is 4.30.